The standard InChI is InChI=1S/C15H28N2O3S/c1-6-21-11-8-7-10(9-11)16-13(20)17-15(4,5)14(2,3)12(18)19/h10-11H,6-9H2,1-5H3,(H,18,19)(H2,16,17,20). The fourth-order valence-corrected chi connectivity index (χ4v) is 3.53. The average molecular weight is 316 g/mol. The molecule has 0 spiro atoms. The van der Waals surface area contributed by atoms with E-state index in [1.807, 2.05) is 11.8 Å². The monoisotopic (exact) mass is 316 g/mol. The number of thioether (sulfide) groups is 1. The van der Waals surface area contributed by atoms with E-state index in [2.05, 4.69) is 17.6 Å². The molecule has 1 saturated carbocycles. The van der Waals surface area contributed by atoms with Crippen LogP contribution in [0.4, 0.5) is 4.79 Å². The quantitative estimate of drug-likeness (QED) is 0.704. The predicted molar refractivity (Wildman–Crippen MR) is 86.7 cm³/mol. The first-order valence-electron chi connectivity index (χ1n) is 7.54. The minimum atomic E-state index is -1.04. The van der Waals surface area contributed by atoms with E-state index in [0.29, 0.717) is 5.25 Å². The minimum absolute atomic E-state index is 0.192. The molecule has 2 amide bonds. The van der Waals surface area contributed by atoms with Crippen molar-refractivity contribution < 1.29 is 14.7 Å². The molecule has 0 aromatic rings. The van der Waals surface area contributed by atoms with Gasteiger partial charge in [-0.1, -0.05) is 6.92 Å². The molecule has 0 aromatic heterocycles. The molecule has 0 radical (unpaired) electrons. The summed E-state index contributed by atoms with van der Waals surface area (Å²) in [7, 11) is 0. The molecule has 122 valence electrons. The Balaban J connectivity index is 2.52. The summed E-state index contributed by atoms with van der Waals surface area (Å²) < 4.78 is 0. The molecular weight excluding hydrogens is 288 g/mol. The normalized spacial score (nSPS) is 22.9. The van der Waals surface area contributed by atoms with Gasteiger partial charge in [-0.2, -0.15) is 11.8 Å². The number of carbonyl (C=O) groups excluding carboxylic acids is 1. The van der Waals surface area contributed by atoms with Gasteiger partial charge in [-0.15, -0.1) is 0 Å². The number of nitrogens with one attached hydrogen (secondary N) is 2. The molecule has 0 aliphatic heterocycles. The lowest BCUT2D eigenvalue weighted by Gasteiger charge is -2.39. The Kier molecular flexibility index (Phi) is 5.96. The van der Waals surface area contributed by atoms with Crippen LogP contribution in [0.3, 0.4) is 0 Å². The van der Waals surface area contributed by atoms with Crippen molar-refractivity contribution in [3.05, 3.63) is 0 Å². The summed E-state index contributed by atoms with van der Waals surface area (Å²) in [5.41, 5.74) is -1.88. The van der Waals surface area contributed by atoms with Gasteiger partial charge in [0.05, 0.1) is 11.0 Å². The minimum Gasteiger partial charge on any atom is -0.481 e. The fourth-order valence-electron chi connectivity index (χ4n) is 2.39. The Morgan fingerprint density at radius 2 is 1.86 bits per heavy atom. The zero-order valence-corrected chi connectivity index (χ0v) is 14.5. The molecule has 1 fully saturated rings. The number of amides is 2. The predicted octanol–water partition coefficient (Wildman–Crippen LogP) is 2.85. The fraction of sp³-hybridized carbons (Fsp3) is 0.867. The molecule has 1 aliphatic carbocycles. The van der Waals surface area contributed by atoms with Gasteiger partial charge in [0.15, 0.2) is 0 Å². The SMILES string of the molecule is CCSC1CCC(NC(=O)NC(C)(C)C(C)(C)C(=O)O)C1. The van der Waals surface area contributed by atoms with Crippen molar-refractivity contribution in [2.45, 2.75) is 70.7 Å². The van der Waals surface area contributed by atoms with Gasteiger partial charge in [-0.25, -0.2) is 4.79 Å². The Morgan fingerprint density at radius 1 is 1.24 bits per heavy atom. The molecule has 2 unspecified atom stereocenters. The summed E-state index contributed by atoms with van der Waals surface area (Å²) >= 11 is 1.94. The van der Waals surface area contributed by atoms with Gasteiger partial charge in [-0.3, -0.25) is 4.79 Å². The number of carbonyl (C=O) groups is 2. The van der Waals surface area contributed by atoms with Crippen molar-refractivity contribution in [2.75, 3.05) is 5.75 Å². The van der Waals surface area contributed by atoms with E-state index < -0.39 is 16.9 Å². The van der Waals surface area contributed by atoms with Crippen LogP contribution in [0.25, 0.3) is 0 Å². The van der Waals surface area contributed by atoms with Gasteiger partial charge in [0, 0.05) is 11.3 Å². The second-order valence-electron chi connectivity index (χ2n) is 6.74. The summed E-state index contributed by atoms with van der Waals surface area (Å²) in [6.45, 7) is 8.88. The Morgan fingerprint density at radius 3 is 2.38 bits per heavy atom. The molecule has 3 N–H and O–H groups in total. The van der Waals surface area contributed by atoms with Crippen LogP contribution >= 0.6 is 11.8 Å². The lowest BCUT2D eigenvalue weighted by molar-refractivity contribution is -0.150. The summed E-state index contributed by atoms with van der Waals surface area (Å²) in [5, 5.41) is 15.7. The van der Waals surface area contributed by atoms with Crippen molar-refractivity contribution in [1.29, 1.82) is 0 Å². The van der Waals surface area contributed by atoms with E-state index in [-0.39, 0.29) is 12.1 Å². The number of urea groups is 1. The molecule has 21 heavy (non-hydrogen) atoms. The Hall–Kier alpha value is -0.910. The van der Waals surface area contributed by atoms with Gasteiger partial charge >= 0.3 is 12.0 Å². The van der Waals surface area contributed by atoms with Gasteiger partial charge < -0.3 is 15.7 Å². The molecular formula is C15H28N2O3S. The van der Waals surface area contributed by atoms with Crippen molar-refractivity contribution in [2.24, 2.45) is 5.41 Å². The number of aliphatic carboxylic acids is 1. The molecule has 5 nitrogen and oxygen atoms in total. The highest BCUT2D eigenvalue weighted by atomic mass is 32.2. The topological polar surface area (TPSA) is 78.4 Å². The van der Waals surface area contributed by atoms with Crippen LogP contribution in [0.5, 0.6) is 0 Å². The van der Waals surface area contributed by atoms with Crippen LogP contribution in [0.15, 0.2) is 0 Å². The molecule has 1 aliphatic rings. The first-order valence-corrected chi connectivity index (χ1v) is 8.58. The first kappa shape index (κ1) is 18.1. The molecule has 1 rings (SSSR count). The number of carboxylic acid groups (broad SMARTS) is 1. The lowest BCUT2D eigenvalue weighted by atomic mass is 9.74. The van der Waals surface area contributed by atoms with E-state index in [1.165, 1.54) is 0 Å². The molecule has 0 aromatic carbocycles. The third-order valence-corrected chi connectivity index (χ3v) is 5.88. The largest absolute Gasteiger partial charge is 0.481 e. The van der Waals surface area contributed by atoms with E-state index in [1.54, 1.807) is 27.7 Å². The lowest BCUT2D eigenvalue weighted by Crippen LogP contribution is -2.59. The van der Waals surface area contributed by atoms with Gasteiger partial charge in [0.25, 0.3) is 0 Å². The smallest absolute Gasteiger partial charge is 0.315 e. The molecule has 0 heterocycles. The second kappa shape index (κ2) is 6.90. The van der Waals surface area contributed by atoms with Gasteiger partial charge in [-0.05, 0) is 52.7 Å². The van der Waals surface area contributed by atoms with Crippen molar-refractivity contribution >= 4 is 23.8 Å². The van der Waals surface area contributed by atoms with Crippen molar-refractivity contribution in [3.63, 3.8) is 0 Å². The summed E-state index contributed by atoms with van der Waals surface area (Å²) in [6, 6.07) is -0.0840. The van der Waals surface area contributed by atoms with Crippen LogP contribution in [-0.2, 0) is 4.79 Å². The van der Waals surface area contributed by atoms with E-state index in [0.717, 1.165) is 25.0 Å². The van der Waals surface area contributed by atoms with Crippen LogP contribution in [0.1, 0.15) is 53.9 Å². The van der Waals surface area contributed by atoms with Crippen LogP contribution in [0.2, 0.25) is 0 Å². The Labute approximate surface area is 131 Å². The number of rotatable bonds is 6. The van der Waals surface area contributed by atoms with Gasteiger partial charge in [0.2, 0.25) is 0 Å². The van der Waals surface area contributed by atoms with E-state index in [4.69, 9.17) is 0 Å². The maximum absolute atomic E-state index is 12.1. The zero-order valence-electron chi connectivity index (χ0n) is 13.7. The average Bonchev–Trinajstić information content (AvgIpc) is 2.75. The molecule has 2 atom stereocenters. The van der Waals surface area contributed by atoms with Crippen molar-refractivity contribution in [3.8, 4) is 0 Å². The third kappa shape index (κ3) is 4.53. The van der Waals surface area contributed by atoms with Crippen LogP contribution in [0, 0.1) is 5.41 Å². The van der Waals surface area contributed by atoms with Gasteiger partial charge in [0.1, 0.15) is 0 Å². The van der Waals surface area contributed by atoms with Crippen molar-refractivity contribution in [1.82, 2.24) is 10.6 Å². The maximum Gasteiger partial charge on any atom is 0.315 e. The number of hydrogen-bond donors (Lipinski definition) is 3. The number of hydrogen-bond acceptors (Lipinski definition) is 3. The second-order valence-corrected chi connectivity index (χ2v) is 8.32. The molecule has 0 bridgehead atoms. The van der Waals surface area contributed by atoms with E-state index in [9.17, 15) is 14.7 Å². The summed E-state index contributed by atoms with van der Waals surface area (Å²) in [5.74, 6) is 0.178. The van der Waals surface area contributed by atoms with Crippen LogP contribution in [-0.4, -0.2) is 39.7 Å². The first-order chi connectivity index (χ1) is 9.60. The molecule has 0 saturated heterocycles. The summed E-state index contributed by atoms with van der Waals surface area (Å²) in [6.07, 6.45) is 3.12. The third-order valence-electron chi connectivity index (χ3n) is 4.65. The van der Waals surface area contributed by atoms with E-state index >= 15 is 0 Å². The highest BCUT2D eigenvalue weighted by Gasteiger charge is 2.44. The maximum atomic E-state index is 12.1. The highest BCUT2D eigenvalue weighted by Crippen LogP contribution is 2.31. The Bertz CT molecular complexity index is 396. The van der Waals surface area contributed by atoms with Crippen LogP contribution < -0.4 is 10.6 Å². The zero-order chi connectivity index (χ0) is 16.3. The highest BCUT2D eigenvalue weighted by molar-refractivity contribution is 7.99. The summed E-state index contributed by atoms with van der Waals surface area (Å²) in [4.78, 5) is 23.5. The molecule has 6 heteroatoms. The number of carboxylic acids is 1.